The van der Waals surface area contributed by atoms with Crippen molar-refractivity contribution in [1.82, 2.24) is 20.3 Å². The third-order valence-corrected chi connectivity index (χ3v) is 4.84. The van der Waals surface area contributed by atoms with Gasteiger partial charge in [-0.2, -0.15) is 0 Å². The van der Waals surface area contributed by atoms with Gasteiger partial charge in [-0.15, -0.1) is 11.3 Å². The minimum atomic E-state index is -0.103. The number of thiophene rings is 1. The number of urea groups is 1. The highest BCUT2D eigenvalue weighted by atomic mass is 32.1. The Balaban J connectivity index is 1.93. The van der Waals surface area contributed by atoms with Crippen LogP contribution in [0.3, 0.4) is 0 Å². The van der Waals surface area contributed by atoms with Crippen molar-refractivity contribution in [2.75, 3.05) is 27.7 Å². The number of carbonyl (C=O) groups is 1. The Morgan fingerprint density at radius 3 is 2.65 bits per heavy atom. The maximum atomic E-state index is 12.3. The molecule has 1 atom stereocenters. The van der Waals surface area contributed by atoms with Gasteiger partial charge in [0.2, 0.25) is 0 Å². The second-order valence-electron chi connectivity index (χ2n) is 5.84. The Bertz CT molecular complexity index is 617. The molecule has 0 fully saturated rings. The van der Waals surface area contributed by atoms with Crippen molar-refractivity contribution in [2.24, 2.45) is 0 Å². The van der Waals surface area contributed by atoms with Crippen LogP contribution in [0.4, 0.5) is 4.79 Å². The van der Waals surface area contributed by atoms with Crippen molar-refractivity contribution in [3.8, 4) is 0 Å². The molecule has 2 rings (SSSR count). The van der Waals surface area contributed by atoms with Gasteiger partial charge in [0.25, 0.3) is 0 Å². The largest absolute Gasteiger partial charge is 0.361 e. The number of hydrogen-bond acceptors (Lipinski definition) is 5. The lowest BCUT2D eigenvalue weighted by atomic mass is 10.2. The first-order valence-electron chi connectivity index (χ1n) is 7.50. The zero-order valence-corrected chi connectivity index (χ0v) is 15.1. The van der Waals surface area contributed by atoms with E-state index in [9.17, 15) is 4.79 Å². The molecule has 2 aromatic heterocycles. The standard InChI is InChI=1S/C16H24N4O2S/c1-11-13(12(2)22-18-11)10-20(5)16(21)17-9-14(19(3)4)15-7-6-8-23-15/h6-8,14H,9-10H2,1-5H3,(H,17,21). The summed E-state index contributed by atoms with van der Waals surface area (Å²) in [5, 5.41) is 8.98. The van der Waals surface area contributed by atoms with Gasteiger partial charge < -0.3 is 19.6 Å². The van der Waals surface area contributed by atoms with Crippen molar-refractivity contribution in [3.63, 3.8) is 0 Å². The van der Waals surface area contributed by atoms with Crippen LogP contribution in [0.2, 0.25) is 0 Å². The first kappa shape index (κ1) is 17.5. The lowest BCUT2D eigenvalue weighted by Gasteiger charge is -2.25. The first-order valence-corrected chi connectivity index (χ1v) is 8.38. The van der Waals surface area contributed by atoms with Crippen LogP contribution in [0, 0.1) is 13.8 Å². The molecule has 0 bridgehead atoms. The van der Waals surface area contributed by atoms with Crippen LogP contribution in [-0.2, 0) is 6.54 Å². The predicted molar refractivity (Wildman–Crippen MR) is 91.6 cm³/mol. The molecule has 1 N–H and O–H groups in total. The summed E-state index contributed by atoms with van der Waals surface area (Å²) in [5.41, 5.74) is 1.79. The zero-order valence-electron chi connectivity index (χ0n) is 14.3. The van der Waals surface area contributed by atoms with Gasteiger partial charge in [0.1, 0.15) is 5.76 Å². The van der Waals surface area contributed by atoms with Crippen molar-refractivity contribution >= 4 is 17.4 Å². The van der Waals surface area contributed by atoms with E-state index in [0.29, 0.717) is 13.1 Å². The highest BCUT2D eigenvalue weighted by molar-refractivity contribution is 7.10. The van der Waals surface area contributed by atoms with Crippen LogP contribution in [0.1, 0.15) is 27.9 Å². The zero-order chi connectivity index (χ0) is 17.0. The second-order valence-corrected chi connectivity index (χ2v) is 6.82. The van der Waals surface area contributed by atoms with Gasteiger partial charge in [0.05, 0.1) is 18.3 Å². The summed E-state index contributed by atoms with van der Waals surface area (Å²) in [6.07, 6.45) is 0. The SMILES string of the molecule is Cc1noc(C)c1CN(C)C(=O)NCC(c1cccs1)N(C)C. The molecule has 1 unspecified atom stereocenters. The molecule has 0 aliphatic carbocycles. The van der Waals surface area contributed by atoms with Gasteiger partial charge in [-0.25, -0.2) is 4.79 Å². The molecule has 126 valence electrons. The molecule has 0 aromatic carbocycles. The Labute approximate surface area is 141 Å². The minimum absolute atomic E-state index is 0.103. The molecule has 7 heteroatoms. The maximum Gasteiger partial charge on any atom is 0.317 e. The highest BCUT2D eigenvalue weighted by Crippen LogP contribution is 2.22. The number of rotatable bonds is 6. The minimum Gasteiger partial charge on any atom is -0.361 e. The molecule has 0 saturated heterocycles. The van der Waals surface area contributed by atoms with E-state index in [0.717, 1.165) is 17.0 Å². The first-order chi connectivity index (χ1) is 10.9. The summed E-state index contributed by atoms with van der Waals surface area (Å²) >= 11 is 1.70. The Morgan fingerprint density at radius 1 is 1.39 bits per heavy atom. The summed E-state index contributed by atoms with van der Waals surface area (Å²) in [4.78, 5) is 17.3. The van der Waals surface area contributed by atoms with Crippen molar-refractivity contribution in [3.05, 3.63) is 39.4 Å². The molecule has 0 aliphatic heterocycles. The van der Waals surface area contributed by atoms with Gasteiger partial charge in [0.15, 0.2) is 0 Å². The number of aryl methyl sites for hydroxylation is 2. The summed E-state index contributed by atoms with van der Waals surface area (Å²) < 4.78 is 5.14. The van der Waals surface area contributed by atoms with E-state index < -0.39 is 0 Å². The summed E-state index contributed by atoms with van der Waals surface area (Å²) in [5.74, 6) is 0.756. The Morgan fingerprint density at radius 2 is 2.13 bits per heavy atom. The van der Waals surface area contributed by atoms with Crippen LogP contribution in [0.25, 0.3) is 0 Å². The van der Waals surface area contributed by atoms with Crippen LogP contribution in [0.15, 0.2) is 22.0 Å². The highest BCUT2D eigenvalue weighted by Gasteiger charge is 2.19. The molecule has 2 heterocycles. The number of nitrogens with one attached hydrogen (secondary N) is 1. The fraction of sp³-hybridized carbons (Fsp3) is 0.500. The molecule has 0 saturated carbocycles. The number of nitrogens with zero attached hydrogens (tertiary/aromatic N) is 3. The van der Waals surface area contributed by atoms with Crippen LogP contribution in [0.5, 0.6) is 0 Å². The van der Waals surface area contributed by atoms with E-state index >= 15 is 0 Å². The molecule has 0 spiro atoms. The third-order valence-electron chi connectivity index (χ3n) is 3.86. The average Bonchev–Trinajstić information content (AvgIpc) is 3.12. The number of amides is 2. The molecule has 2 aromatic rings. The fourth-order valence-corrected chi connectivity index (χ4v) is 3.30. The van der Waals surface area contributed by atoms with Crippen LogP contribution < -0.4 is 5.32 Å². The Kier molecular flexibility index (Phi) is 5.79. The smallest absolute Gasteiger partial charge is 0.317 e. The van der Waals surface area contributed by atoms with E-state index in [2.05, 4.69) is 26.8 Å². The quantitative estimate of drug-likeness (QED) is 0.881. The molecular formula is C16H24N4O2S. The van der Waals surface area contributed by atoms with Crippen molar-refractivity contribution in [2.45, 2.75) is 26.4 Å². The molecule has 6 nitrogen and oxygen atoms in total. The van der Waals surface area contributed by atoms with Gasteiger partial charge in [-0.3, -0.25) is 0 Å². The number of carbonyl (C=O) groups excluding carboxylic acids is 1. The normalized spacial score (nSPS) is 12.4. The molecule has 0 aliphatic rings. The lowest BCUT2D eigenvalue weighted by molar-refractivity contribution is 0.201. The van der Waals surface area contributed by atoms with Crippen molar-refractivity contribution in [1.29, 1.82) is 0 Å². The average molecular weight is 336 g/mol. The van der Waals surface area contributed by atoms with E-state index in [-0.39, 0.29) is 12.1 Å². The second kappa shape index (κ2) is 7.61. The number of hydrogen-bond donors (Lipinski definition) is 1. The van der Waals surface area contributed by atoms with E-state index in [4.69, 9.17) is 4.52 Å². The summed E-state index contributed by atoms with van der Waals surface area (Å²) in [7, 11) is 5.81. The van der Waals surface area contributed by atoms with E-state index in [1.807, 2.05) is 34.0 Å². The number of likely N-dealkylation sites (N-methyl/N-ethyl adjacent to an activating group) is 1. The van der Waals surface area contributed by atoms with Gasteiger partial charge in [-0.05, 0) is 39.4 Å². The summed E-state index contributed by atoms with van der Waals surface area (Å²) in [6, 6.07) is 4.19. The molecule has 0 radical (unpaired) electrons. The van der Waals surface area contributed by atoms with E-state index in [1.165, 1.54) is 4.88 Å². The van der Waals surface area contributed by atoms with Gasteiger partial charge >= 0.3 is 6.03 Å². The number of aromatic nitrogens is 1. The predicted octanol–water partition coefficient (Wildman–Crippen LogP) is 2.80. The monoisotopic (exact) mass is 336 g/mol. The van der Waals surface area contributed by atoms with E-state index in [1.54, 1.807) is 23.3 Å². The summed E-state index contributed by atoms with van der Waals surface area (Å²) in [6.45, 7) is 4.80. The Hall–Kier alpha value is -1.86. The van der Waals surface area contributed by atoms with Gasteiger partial charge in [0, 0.05) is 24.0 Å². The van der Waals surface area contributed by atoms with Crippen LogP contribution >= 0.6 is 11.3 Å². The van der Waals surface area contributed by atoms with Crippen LogP contribution in [-0.4, -0.2) is 48.7 Å². The van der Waals surface area contributed by atoms with Gasteiger partial charge in [-0.1, -0.05) is 11.2 Å². The fourth-order valence-electron chi connectivity index (χ4n) is 2.37. The topological polar surface area (TPSA) is 61.6 Å². The molecular weight excluding hydrogens is 312 g/mol. The molecule has 23 heavy (non-hydrogen) atoms. The van der Waals surface area contributed by atoms with Crippen molar-refractivity contribution < 1.29 is 9.32 Å². The third kappa shape index (κ3) is 4.33. The lowest BCUT2D eigenvalue weighted by Crippen LogP contribution is -2.41. The molecule has 2 amide bonds. The maximum absolute atomic E-state index is 12.3.